The van der Waals surface area contributed by atoms with Gasteiger partial charge in [-0.05, 0) is 43.3 Å². The number of hydrogen-bond donors (Lipinski definition) is 2. The molecule has 0 saturated carbocycles. The van der Waals surface area contributed by atoms with Crippen molar-refractivity contribution in [2.75, 3.05) is 11.9 Å². The molecule has 2 aromatic carbocycles. The fourth-order valence-corrected chi connectivity index (χ4v) is 2.32. The molecule has 0 spiro atoms. The van der Waals surface area contributed by atoms with E-state index in [4.69, 9.17) is 4.74 Å². The van der Waals surface area contributed by atoms with Crippen LogP contribution in [0.3, 0.4) is 0 Å². The zero-order valence-electron chi connectivity index (χ0n) is 15.6. The standard InChI is InChI=1S/C20H20F2N2O5/c1-13(18(26)14-7-9-16(10-8-14)29-19(21)22)28-17(25)11-12-23-20(27)24-15-5-3-2-4-6-15/h2-10,13,19H,11-12H2,1H3,(H2,23,24,27)/t13-/m1/s1. The summed E-state index contributed by atoms with van der Waals surface area (Å²) in [6.07, 6.45) is -1.19. The van der Waals surface area contributed by atoms with Crippen LogP contribution >= 0.6 is 0 Å². The van der Waals surface area contributed by atoms with Crippen molar-refractivity contribution >= 4 is 23.5 Å². The van der Waals surface area contributed by atoms with Crippen molar-refractivity contribution in [2.24, 2.45) is 0 Å². The van der Waals surface area contributed by atoms with Gasteiger partial charge < -0.3 is 20.1 Å². The molecule has 0 saturated heterocycles. The van der Waals surface area contributed by atoms with E-state index in [1.165, 1.54) is 31.2 Å². The van der Waals surface area contributed by atoms with Gasteiger partial charge in [-0.15, -0.1) is 0 Å². The summed E-state index contributed by atoms with van der Waals surface area (Å²) < 4.78 is 33.5. The lowest BCUT2D eigenvalue weighted by molar-refractivity contribution is -0.146. The molecule has 29 heavy (non-hydrogen) atoms. The molecular formula is C20H20F2N2O5. The number of rotatable bonds is 9. The number of halogens is 2. The number of carbonyl (C=O) groups excluding carboxylic acids is 3. The molecule has 0 aliphatic carbocycles. The molecule has 0 aromatic heterocycles. The third kappa shape index (κ3) is 7.57. The van der Waals surface area contributed by atoms with Crippen LogP contribution in [0.4, 0.5) is 19.3 Å². The van der Waals surface area contributed by atoms with Gasteiger partial charge in [0.1, 0.15) is 5.75 Å². The number of anilines is 1. The first kappa shape index (κ1) is 21.8. The highest BCUT2D eigenvalue weighted by molar-refractivity contribution is 6.00. The Hall–Kier alpha value is -3.49. The van der Waals surface area contributed by atoms with Crippen molar-refractivity contribution in [1.82, 2.24) is 5.32 Å². The Morgan fingerprint density at radius 3 is 2.28 bits per heavy atom. The average Bonchev–Trinajstić information content (AvgIpc) is 2.68. The van der Waals surface area contributed by atoms with E-state index < -0.39 is 30.5 Å². The van der Waals surface area contributed by atoms with Crippen LogP contribution in [0.15, 0.2) is 54.6 Å². The number of ether oxygens (including phenoxy) is 2. The fraction of sp³-hybridized carbons (Fsp3) is 0.250. The SMILES string of the molecule is C[C@@H](OC(=O)CCNC(=O)Nc1ccccc1)C(=O)c1ccc(OC(F)F)cc1. The zero-order valence-corrected chi connectivity index (χ0v) is 15.6. The number of nitrogens with one attached hydrogen (secondary N) is 2. The fourth-order valence-electron chi connectivity index (χ4n) is 2.32. The molecule has 0 fully saturated rings. The number of para-hydroxylation sites is 1. The molecular weight excluding hydrogens is 386 g/mol. The summed E-state index contributed by atoms with van der Waals surface area (Å²) in [7, 11) is 0. The van der Waals surface area contributed by atoms with E-state index in [2.05, 4.69) is 15.4 Å². The molecule has 9 heteroatoms. The van der Waals surface area contributed by atoms with Crippen LogP contribution in [-0.2, 0) is 9.53 Å². The van der Waals surface area contributed by atoms with E-state index in [0.29, 0.717) is 5.69 Å². The summed E-state index contributed by atoms with van der Waals surface area (Å²) >= 11 is 0. The first-order valence-electron chi connectivity index (χ1n) is 8.73. The second kappa shape index (κ2) is 10.7. The largest absolute Gasteiger partial charge is 0.454 e. The molecule has 7 nitrogen and oxygen atoms in total. The van der Waals surface area contributed by atoms with Gasteiger partial charge in [0.25, 0.3) is 0 Å². The van der Waals surface area contributed by atoms with Crippen LogP contribution in [0, 0.1) is 0 Å². The van der Waals surface area contributed by atoms with E-state index in [9.17, 15) is 23.2 Å². The molecule has 2 rings (SSSR count). The third-order valence-electron chi connectivity index (χ3n) is 3.69. The van der Waals surface area contributed by atoms with Gasteiger partial charge in [0.2, 0.25) is 5.78 Å². The lowest BCUT2D eigenvalue weighted by Gasteiger charge is -2.13. The molecule has 0 unspecified atom stereocenters. The molecule has 0 radical (unpaired) electrons. The molecule has 0 bridgehead atoms. The highest BCUT2D eigenvalue weighted by atomic mass is 19.3. The summed E-state index contributed by atoms with van der Waals surface area (Å²) in [6, 6.07) is 13.4. The van der Waals surface area contributed by atoms with Gasteiger partial charge in [-0.2, -0.15) is 8.78 Å². The monoisotopic (exact) mass is 406 g/mol. The van der Waals surface area contributed by atoms with Crippen LogP contribution in [-0.4, -0.2) is 37.0 Å². The number of urea groups is 1. The summed E-state index contributed by atoms with van der Waals surface area (Å²) in [5, 5.41) is 5.11. The van der Waals surface area contributed by atoms with Crippen LogP contribution in [0.2, 0.25) is 0 Å². The first-order chi connectivity index (χ1) is 13.8. The number of ketones is 1. The van der Waals surface area contributed by atoms with Gasteiger partial charge >= 0.3 is 18.6 Å². The van der Waals surface area contributed by atoms with Crippen LogP contribution in [0.25, 0.3) is 0 Å². The quantitative estimate of drug-likeness (QED) is 0.490. The minimum Gasteiger partial charge on any atom is -0.454 e. The number of esters is 1. The number of amides is 2. The highest BCUT2D eigenvalue weighted by Crippen LogP contribution is 2.16. The van der Waals surface area contributed by atoms with Gasteiger partial charge in [-0.1, -0.05) is 18.2 Å². The lowest BCUT2D eigenvalue weighted by Crippen LogP contribution is -2.32. The predicted octanol–water partition coefficient (Wildman–Crippen LogP) is 3.61. The maximum absolute atomic E-state index is 12.3. The molecule has 0 aliphatic heterocycles. The molecule has 2 aromatic rings. The Kier molecular flexibility index (Phi) is 8.08. The third-order valence-corrected chi connectivity index (χ3v) is 3.69. The van der Waals surface area contributed by atoms with E-state index in [-0.39, 0.29) is 24.3 Å². The van der Waals surface area contributed by atoms with Crippen LogP contribution < -0.4 is 15.4 Å². The predicted molar refractivity (Wildman–Crippen MR) is 101 cm³/mol. The highest BCUT2D eigenvalue weighted by Gasteiger charge is 2.19. The normalized spacial score (nSPS) is 11.4. The molecule has 154 valence electrons. The van der Waals surface area contributed by atoms with E-state index >= 15 is 0 Å². The maximum Gasteiger partial charge on any atom is 0.387 e. The number of alkyl halides is 2. The van der Waals surface area contributed by atoms with E-state index in [1.807, 2.05) is 6.07 Å². The summed E-state index contributed by atoms with van der Waals surface area (Å²) in [5.41, 5.74) is 0.795. The van der Waals surface area contributed by atoms with E-state index in [0.717, 1.165) is 0 Å². The minimum atomic E-state index is -2.96. The molecule has 2 N–H and O–H groups in total. The van der Waals surface area contributed by atoms with Gasteiger partial charge in [-0.25, -0.2) is 4.79 Å². The number of Topliss-reactive ketones (excluding diaryl/α,β-unsaturated/α-hetero) is 1. The first-order valence-corrected chi connectivity index (χ1v) is 8.73. The van der Waals surface area contributed by atoms with Crippen molar-refractivity contribution in [1.29, 1.82) is 0 Å². The molecule has 0 heterocycles. The Morgan fingerprint density at radius 1 is 1.00 bits per heavy atom. The average molecular weight is 406 g/mol. The van der Waals surface area contributed by atoms with E-state index in [1.54, 1.807) is 24.3 Å². The molecule has 0 aliphatic rings. The van der Waals surface area contributed by atoms with Gasteiger partial charge in [0, 0.05) is 17.8 Å². The van der Waals surface area contributed by atoms with Gasteiger partial charge in [0.15, 0.2) is 6.10 Å². The Labute approximate surface area is 166 Å². The van der Waals surface area contributed by atoms with Crippen molar-refractivity contribution in [3.05, 3.63) is 60.2 Å². The lowest BCUT2D eigenvalue weighted by atomic mass is 10.1. The second-order valence-corrected chi connectivity index (χ2v) is 5.90. The van der Waals surface area contributed by atoms with Gasteiger partial charge in [-0.3, -0.25) is 9.59 Å². The maximum atomic E-state index is 12.3. The zero-order chi connectivity index (χ0) is 21.2. The van der Waals surface area contributed by atoms with Crippen LogP contribution in [0.5, 0.6) is 5.75 Å². The minimum absolute atomic E-state index is 0.0259. The van der Waals surface area contributed by atoms with Crippen molar-refractivity contribution in [3.8, 4) is 5.75 Å². The summed E-state index contributed by atoms with van der Waals surface area (Å²) in [4.78, 5) is 35.8. The van der Waals surface area contributed by atoms with Crippen molar-refractivity contribution in [3.63, 3.8) is 0 Å². The summed E-state index contributed by atoms with van der Waals surface area (Å²) in [6.45, 7) is -1.53. The smallest absolute Gasteiger partial charge is 0.387 e. The van der Waals surface area contributed by atoms with Crippen molar-refractivity contribution in [2.45, 2.75) is 26.1 Å². The summed E-state index contributed by atoms with van der Waals surface area (Å²) in [5.74, 6) is -1.23. The van der Waals surface area contributed by atoms with Gasteiger partial charge in [0.05, 0.1) is 6.42 Å². The number of hydrogen-bond acceptors (Lipinski definition) is 5. The number of carbonyl (C=O) groups is 3. The Bertz CT molecular complexity index is 829. The second-order valence-electron chi connectivity index (χ2n) is 5.90. The topological polar surface area (TPSA) is 93.7 Å². The van der Waals surface area contributed by atoms with Crippen molar-refractivity contribution < 1.29 is 32.6 Å². The Balaban J connectivity index is 1.73. The number of benzene rings is 2. The Morgan fingerprint density at radius 2 is 1.66 bits per heavy atom. The molecule has 2 amide bonds. The van der Waals surface area contributed by atoms with Crippen LogP contribution in [0.1, 0.15) is 23.7 Å². The molecule has 1 atom stereocenters.